The van der Waals surface area contributed by atoms with E-state index in [4.69, 9.17) is 10.8 Å². The van der Waals surface area contributed by atoms with E-state index in [1.165, 1.54) is 6.92 Å². The van der Waals surface area contributed by atoms with Crippen molar-refractivity contribution in [3.05, 3.63) is 35.9 Å². The van der Waals surface area contributed by atoms with Crippen molar-refractivity contribution in [2.24, 2.45) is 5.73 Å². The summed E-state index contributed by atoms with van der Waals surface area (Å²) in [5.41, 5.74) is 5.82. The Labute approximate surface area is 185 Å². The highest BCUT2D eigenvalue weighted by Gasteiger charge is 2.30. The number of nitrogens with one attached hydrogen (secondary N) is 4. The van der Waals surface area contributed by atoms with Gasteiger partial charge in [0.25, 0.3) is 0 Å². The molecule has 0 saturated carbocycles. The van der Waals surface area contributed by atoms with Crippen LogP contribution >= 0.6 is 0 Å². The molecule has 1 aliphatic rings. The highest BCUT2D eigenvalue weighted by Crippen LogP contribution is 2.08. The maximum absolute atomic E-state index is 12.9. The van der Waals surface area contributed by atoms with Gasteiger partial charge >= 0.3 is 5.97 Å². The van der Waals surface area contributed by atoms with Crippen LogP contribution in [0.4, 0.5) is 0 Å². The Bertz CT molecular complexity index is 840. The maximum atomic E-state index is 12.9. The molecule has 1 saturated heterocycles. The molecule has 174 valence electrons. The van der Waals surface area contributed by atoms with Gasteiger partial charge in [-0.3, -0.25) is 19.2 Å². The Balaban J connectivity index is 2.04. The molecule has 0 aromatic heterocycles. The van der Waals surface area contributed by atoms with Crippen LogP contribution in [0.25, 0.3) is 0 Å². The van der Waals surface area contributed by atoms with E-state index in [1.54, 1.807) is 0 Å². The van der Waals surface area contributed by atoms with E-state index >= 15 is 0 Å². The molecular formula is C21H29N5O6. The second-order valence-corrected chi connectivity index (χ2v) is 7.70. The number of hydrogen-bond donors (Lipinski definition) is 6. The van der Waals surface area contributed by atoms with Crippen LogP contribution in [0.15, 0.2) is 30.3 Å². The van der Waals surface area contributed by atoms with Crippen LogP contribution in [0.2, 0.25) is 0 Å². The molecule has 1 fully saturated rings. The normalized spacial score (nSPS) is 18.1. The summed E-state index contributed by atoms with van der Waals surface area (Å²) in [7, 11) is 0. The second kappa shape index (κ2) is 11.8. The number of primary amides is 1. The van der Waals surface area contributed by atoms with Crippen molar-refractivity contribution in [3.63, 3.8) is 0 Å². The Morgan fingerprint density at radius 3 is 2.31 bits per heavy atom. The molecule has 4 atom stereocenters. The monoisotopic (exact) mass is 447 g/mol. The van der Waals surface area contributed by atoms with E-state index in [0.29, 0.717) is 6.42 Å². The zero-order valence-corrected chi connectivity index (χ0v) is 17.8. The topological polar surface area (TPSA) is 180 Å². The summed E-state index contributed by atoms with van der Waals surface area (Å²) < 4.78 is 0. The summed E-state index contributed by atoms with van der Waals surface area (Å²) in [4.78, 5) is 60.0. The average Bonchev–Trinajstić information content (AvgIpc) is 3.28. The predicted octanol–water partition coefficient (Wildman–Crippen LogP) is -1.58. The smallest absolute Gasteiger partial charge is 0.326 e. The zero-order chi connectivity index (χ0) is 23.7. The Hall–Kier alpha value is -3.47. The fraction of sp³-hybridized carbons (Fsp3) is 0.476. The van der Waals surface area contributed by atoms with Gasteiger partial charge in [0.1, 0.15) is 18.1 Å². The zero-order valence-electron chi connectivity index (χ0n) is 17.8. The van der Waals surface area contributed by atoms with Gasteiger partial charge in [-0.2, -0.15) is 0 Å². The van der Waals surface area contributed by atoms with E-state index in [2.05, 4.69) is 21.3 Å². The van der Waals surface area contributed by atoms with Crippen LogP contribution in [0, 0.1) is 0 Å². The molecule has 0 bridgehead atoms. The second-order valence-electron chi connectivity index (χ2n) is 7.70. The maximum Gasteiger partial charge on any atom is 0.326 e. The molecule has 1 aliphatic heterocycles. The summed E-state index contributed by atoms with van der Waals surface area (Å²) in [5, 5.41) is 19.6. The van der Waals surface area contributed by atoms with Crippen molar-refractivity contribution in [3.8, 4) is 0 Å². The molecule has 0 spiro atoms. The van der Waals surface area contributed by atoms with Crippen molar-refractivity contribution < 1.29 is 29.1 Å². The fourth-order valence-electron chi connectivity index (χ4n) is 3.32. The van der Waals surface area contributed by atoms with Crippen LogP contribution < -0.4 is 27.0 Å². The van der Waals surface area contributed by atoms with Crippen molar-refractivity contribution in [2.45, 2.75) is 56.8 Å². The molecule has 4 unspecified atom stereocenters. The molecule has 32 heavy (non-hydrogen) atoms. The number of amides is 4. The lowest BCUT2D eigenvalue weighted by atomic mass is 10.0. The summed E-state index contributed by atoms with van der Waals surface area (Å²) in [5.74, 6) is -4.00. The van der Waals surface area contributed by atoms with Crippen LogP contribution in [0.1, 0.15) is 31.7 Å². The number of nitrogens with two attached hydrogens (primary N) is 1. The minimum absolute atomic E-state index is 0.207. The molecule has 2 rings (SSSR count). The minimum atomic E-state index is -1.51. The third-order valence-corrected chi connectivity index (χ3v) is 5.06. The Kier molecular flexibility index (Phi) is 9.14. The van der Waals surface area contributed by atoms with Gasteiger partial charge in [-0.15, -0.1) is 0 Å². The molecule has 1 aromatic rings. The number of carbonyl (C=O) groups excluding carboxylic acids is 4. The van der Waals surface area contributed by atoms with E-state index in [9.17, 15) is 24.0 Å². The van der Waals surface area contributed by atoms with Gasteiger partial charge in [0, 0.05) is 6.42 Å². The molecular weight excluding hydrogens is 418 g/mol. The third kappa shape index (κ3) is 7.65. The lowest BCUT2D eigenvalue weighted by molar-refractivity contribution is -0.143. The molecule has 11 heteroatoms. The van der Waals surface area contributed by atoms with Gasteiger partial charge in [0.2, 0.25) is 23.6 Å². The fourth-order valence-corrected chi connectivity index (χ4v) is 3.32. The highest BCUT2D eigenvalue weighted by molar-refractivity contribution is 5.94. The van der Waals surface area contributed by atoms with Crippen LogP contribution in [-0.2, 0) is 30.4 Å². The minimum Gasteiger partial charge on any atom is -0.480 e. The molecule has 0 aliphatic carbocycles. The van der Waals surface area contributed by atoms with Crippen LogP contribution in [0.5, 0.6) is 0 Å². The third-order valence-electron chi connectivity index (χ3n) is 5.06. The first-order valence-electron chi connectivity index (χ1n) is 10.4. The number of hydrogen-bond acceptors (Lipinski definition) is 6. The molecule has 1 aromatic carbocycles. The Morgan fingerprint density at radius 1 is 1.06 bits per heavy atom. The highest BCUT2D eigenvalue weighted by atomic mass is 16.4. The van der Waals surface area contributed by atoms with E-state index in [0.717, 1.165) is 18.5 Å². The van der Waals surface area contributed by atoms with Crippen LogP contribution in [-0.4, -0.2) is 65.4 Å². The van der Waals surface area contributed by atoms with Crippen molar-refractivity contribution in [2.75, 3.05) is 6.54 Å². The van der Waals surface area contributed by atoms with Gasteiger partial charge in [-0.25, -0.2) is 4.79 Å². The standard InChI is InChI=1S/C21H29N5O6/c1-12(18(28)26-16(21(31)32)11-17(22)27)24-20(30)15(10-13-6-3-2-4-7-13)25-19(29)14-8-5-9-23-14/h2-4,6-7,12,14-16,23H,5,8-11H2,1H3,(H2,22,27)(H,24,30)(H,25,29)(H,26,28)(H,31,32). The largest absolute Gasteiger partial charge is 0.480 e. The number of carboxylic acid groups (broad SMARTS) is 1. The van der Waals surface area contributed by atoms with E-state index in [1.807, 2.05) is 30.3 Å². The summed E-state index contributed by atoms with van der Waals surface area (Å²) in [6, 6.07) is 5.14. The first-order chi connectivity index (χ1) is 15.2. The van der Waals surface area contributed by atoms with E-state index < -0.39 is 48.2 Å². The first-order valence-corrected chi connectivity index (χ1v) is 10.4. The summed E-state index contributed by atoms with van der Waals surface area (Å²) in [6.07, 6.45) is 1.16. The number of carboxylic acids is 1. The lowest BCUT2D eigenvalue weighted by Gasteiger charge is -2.23. The molecule has 0 radical (unpaired) electrons. The first kappa shape index (κ1) is 24.8. The summed E-state index contributed by atoms with van der Waals surface area (Å²) >= 11 is 0. The lowest BCUT2D eigenvalue weighted by Crippen LogP contribution is -2.57. The number of carbonyl (C=O) groups is 5. The van der Waals surface area contributed by atoms with Crippen molar-refractivity contribution >= 4 is 29.6 Å². The molecule has 4 amide bonds. The molecule has 7 N–H and O–H groups in total. The summed E-state index contributed by atoms with van der Waals surface area (Å²) in [6.45, 7) is 2.09. The Morgan fingerprint density at radius 2 is 1.75 bits per heavy atom. The quantitative estimate of drug-likeness (QED) is 0.237. The van der Waals surface area contributed by atoms with Gasteiger partial charge in [-0.1, -0.05) is 30.3 Å². The number of rotatable bonds is 11. The van der Waals surface area contributed by atoms with Crippen molar-refractivity contribution in [1.82, 2.24) is 21.3 Å². The van der Waals surface area contributed by atoms with Crippen LogP contribution in [0.3, 0.4) is 0 Å². The number of benzene rings is 1. The number of aliphatic carboxylic acids is 1. The van der Waals surface area contributed by atoms with Gasteiger partial charge in [-0.05, 0) is 31.9 Å². The predicted molar refractivity (Wildman–Crippen MR) is 114 cm³/mol. The average molecular weight is 447 g/mol. The van der Waals surface area contributed by atoms with E-state index in [-0.39, 0.29) is 18.4 Å². The van der Waals surface area contributed by atoms with Crippen molar-refractivity contribution in [1.29, 1.82) is 0 Å². The van der Waals surface area contributed by atoms with Gasteiger partial charge in [0.15, 0.2) is 0 Å². The van der Waals surface area contributed by atoms with Gasteiger partial charge < -0.3 is 32.1 Å². The molecule has 1 heterocycles. The van der Waals surface area contributed by atoms with Gasteiger partial charge in [0.05, 0.1) is 12.5 Å². The SMILES string of the molecule is CC(NC(=O)C(Cc1ccccc1)NC(=O)C1CCCN1)C(=O)NC(CC(N)=O)C(=O)O. The molecule has 11 nitrogen and oxygen atoms in total.